The third kappa shape index (κ3) is 17.2. The second kappa shape index (κ2) is 20.3. The third-order valence-corrected chi connectivity index (χ3v) is 7.86. The molecule has 0 amide bonds. The van der Waals surface area contributed by atoms with Gasteiger partial charge in [-0.1, -0.05) is 60.7 Å². The van der Waals surface area contributed by atoms with Gasteiger partial charge in [-0.05, 0) is 11.1 Å². The number of carboxylic acids is 5. The Morgan fingerprint density at radius 3 is 1.42 bits per heavy atom. The maximum atomic E-state index is 11.7. The quantitative estimate of drug-likeness (QED) is 0.0685. The van der Waals surface area contributed by atoms with E-state index in [-0.39, 0.29) is 25.9 Å². The Labute approximate surface area is 276 Å². The van der Waals surface area contributed by atoms with Gasteiger partial charge in [0.2, 0.25) is 0 Å². The molecule has 0 saturated heterocycles. The fourth-order valence-corrected chi connectivity index (χ4v) is 5.81. The first-order valence-electron chi connectivity index (χ1n) is 14.6. The lowest BCUT2D eigenvalue weighted by Crippen LogP contribution is -2.52. The predicted molar refractivity (Wildman–Crippen MR) is 169 cm³/mol. The Kier molecular flexibility index (Phi) is 17.0. The van der Waals surface area contributed by atoms with Crippen molar-refractivity contribution in [1.29, 1.82) is 0 Å². The van der Waals surface area contributed by atoms with Crippen LogP contribution in [0.2, 0.25) is 0 Å². The molecule has 0 aliphatic carbocycles. The van der Waals surface area contributed by atoms with Gasteiger partial charge in [0.1, 0.15) is 12.7 Å². The summed E-state index contributed by atoms with van der Waals surface area (Å²) in [5.74, 6) is -6.87. The smallest absolute Gasteiger partial charge is 0.480 e. The van der Waals surface area contributed by atoms with Crippen LogP contribution < -0.4 is 0 Å². The SMILES string of the molecule is O=C(O)CN(CCN(CC(=O)O)CC(CO[P+](O)(O)OC(Cc1ccccc1)Cc1ccccc1)N(CC(=O)O)CC(=O)O)CC(=O)O. The van der Waals surface area contributed by atoms with E-state index in [9.17, 15) is 49.1 Å². The van der Waals surface area contributed by atoms with Crippen LogP contribution in [0.25, 0.3) is 0 Å². The number of hydrogen-bond donors (Lipinski definition) is 7. The molecule has 48 heavy (non-hydrogen) atoms. The highest BCUT2D eigenvalue weighted by Gasteiger charge is 2.44. The highest BCUT2D eigenvalue weighted by molar-refractivity contribution is 7.54. The molecule has 0 bridgehead atoms. The van der Waals surface area contributed by atoms with Crippen molar-refractivity contribution >= 4 is 38.0 Å². The summed E-state index contributed by atoms with van der Waals surface area (Å²) in [5, 5.41) is 46.7. The molecule has 2 aromatic rings. The van der Waals surface area contributed by atoms with Crippen LogP contribution in [0, 0.1) is 0 Å². The summed E-state index contributed by atoms with van der Waals surface area (Å²) in [6, 6.07) is 16.9. The van der Waals surface area contributed by atoms with E-state index in [1.165, 1.54) is 4.90 Å². The molecule has 1 atom stereocenters. The molecule has 0 spiro atoms. The summed E-state index contributed by atoms with van der Waals surface area (Å²) in [5.41, 5.74) is 1.66. The van der Waals surface area contributed by atoms with Gasteiger partial charge in [-0.2, -0.15) is 14.3 Å². The lowest BCUT2D eigenvalue weighted by molar-refractivity contribution is -0.145. The Balaban J connectivity index is 2.31. The van der Waals surface area contributed by atoms with Gasteiger partial charge in [0.15, 0.2) is 0 Å². The molecule has 0 aliphatic rings. The second-order valence-electron chi connectivity index (χ2n) is 10.9. The molecular weight excluding hydrogens is 657 g/mol. The minimum absolute atomic E-state index is 0.234. The number of aliphatic carboxylic acids is 5. The summed E-state index contributed by atoms with van der Waals surface area (Å²) >= 11 is 0. The number of rotatable bonds is 25. The van der Waals surface area contributed by atoms with E-state index >= 15 is 0 Å². The first-order chi connectivity index (χ1) is 22.6. The third-order valence-electron chi connectivity index (χ3n) is 6.80. The van der Waals surface area contributed by atoms with Crippen molar-refractivity contribution in [2.24, 2.45) is 0 Å². The van der Waals surface area contributed by atoms with Crippen LogP contribution in [0.15, 0.2) is 60.7 Å². The molecule has 2 rings (SSSR count). The molecule has 1 unspecified atom stereocenters. The van der Waals surface area contributed by atoms with E-state index in [4.69, 9.17) is 19.3 Å². The average Bonchev–Trinajstić information content (AvgIpc) is 2.97. The van der Waals surface area contributed by atoms with Gasteiger partial charge in [0.25, 0.3) is 0 Å². The predicted octanol–water partition coefficient (Wildman–Crippen LogP) is 0.233. The zero-order valence-electron chi connectivity index (χ0n) is 26.0. The zero-order valence-corrected chi connectivity index (χ0v) is 26.9. The number of benzene rings is 2. The molecule has 0 aliphatic heterocycles. The molecule has 264 valence electrons. The van der Waals surface area contributed by atoms with E-state index < -0.39 is 96.0 Å². The first kappa shape index (κ1) is 40.1. The van der Waals surface area contributed by atoms with Crippen molar-refractivity contribution in [3.8, 4) is 0 Å². The monoisotopic (exact) mass is 698 g/mol. The molecular formula is C30H41N3O14P+. The van der Waals surface area contributed by atoms with Crippen molar-refractivity contribution in [1.82, 2.24) is 14.7 Å². The van der Waals surface area contributed by atoms with Crippen molar-refractivity contribution in [2.75, 3.05) is 59.0 Å². The summed E-state index contributed by atoms with van der Waals surface area (Å²) in [6.45, 7) is -5.32. The fourth-order valence-electron chi connectivity index (χ4n) is 4.85. The maximum absolute atomic E-state index is 11.7. The van der Waals surface area contributed by atoms with E-state index in [1.807, 2.05) is 36.4 Å². The normalized spacial score (nSPS) is 12.5. The van der Waals surface area contributed by atoms with Gasteiger partial charge in [-0.25, -0.2) is 0 Å². The summed E-state index contributed by atoms with van der Waals surface area (Å²) in [4.78, 5) is 82.4. The topological polar surface area (TPSA) is 255 Å². The van der Waals surface area contributed by atoms with E-state index in [0.29, 0.717) is 0 Å². The zero-order chi connectivity index (χ0) is 35.7. The molecule has 0 heterocycles. The van der Waals surface area contributed by atoms with E-state index in [2.05, 4.69) is 0 Å². The molecule has 2 aromatic carbocycles. The molecule has 17 nitrogen and oxygen atoms in total. The van der Waals surface area contributed by atoms with Gasteiger partial charge in [-0.15, -0.1) is 4.52 Å². The molecule has 0 saturated carbocycles. The van der Waals surface area contributed by atoms with Gasteiger partial charge in [0.05, 0.1) is 38.8 Å². The van der Waals surface area contributed by atoms with Crippen LogP contribution in [0.4, 0.5) is 0 Å². The van der Waals surface area contributed by atoms with Crippen LogP contribution in [-0.4, -0.2) is 151 Å². The molecule has 0 radical (unpaired) electrons. The average molecular weight is 699 g/mol. The fraction of sp³-hybridized carbons (Fsp3) is 0.433. The lowest BCUT2D eigenvalue weighted by Gasteiger charge is -2.33. The van der Waals surface area contributed by atoms with Crippen molar-refractivity contribution in [2.45, 2.75) is 25.0 Å². The Morgan fingerprint density at radius 1 is 0.604 bits per heavy atom. The van der Waals surface area contributed by atoms with Crippen LogP contribution >= 0.6 is 8.17 Å². The summed E-state index contributed by atoms with van der Waals surface area (Å²) < 4.78 is 11.1. The molecule has 7 N–H and O–H groups in total. The van der Waals surface area contributed by atoms with E-state index in [0.717, 1.165) is 20.9 Å². The standard InChI is InChI=1S/C30H40N3O14P/c34-26(35)16-31(11-12-32(17-27(36)37)18-28(38)39)15-24(33(19-29(40)41)20-30(42)43)21-46-48(44,45)47-25(13-22-7-3-1-4-8-22)14-23-9-5-2-6-10-23/h1-10,24-25,44-45H,11-21H2,(H4-,34,35,36,37,38,39,40,41,42,43)/p+1. The Hall–Kier alpha value is -4.06. The summed E-state index contributed by atoms with van der Waals surface area (Å²) in [6.07, 6.45) is -0.292. The van der Waals surface area contributed by atoms with Crippen LogP contribution in [0.1, 0.15) is 11.1 Å². The van der Waals surface area contributed by atoms with Crippen LogP contribution in [-0.2, 0) is 45.9 Å². The van der Waals surface area contributed by atoms with Crippen molar-refractivity contribution in [3.63, 3.8) is 0 Å². The largest absolute Gasteiger partial charge is 0.570 e. The highest BCUT2D eigenvalue weighted by atomic mass is 31.2. The van der Waals surface area contributed by atoms with Crippen molar-refractivity contribution < 1.29 is 68.3 Å². The molecule has 0 fully saturated rings. The minimum atomic E-state index is -4.66. The molecule has 18 heteroatoms. The number of nitrogens with zero attached hydrogens (tertiary/aromatic N) is 3. The van der Waals surface area contributed by atoms with Gasteiger partial charge in [0, 0.05) is 32.5 Å². The second-order valence-corrected chi connectivity index (χ2v) is 12.3. The minimum Gasteiger partial charge on any atom is -0.480 e. The van der Waals surface area contributed by atoms with E-state index in [1.54, 1.807) is 24.3 Å². The first-order valence-corrected chi connectivity index (χ1v) is 16.2. The molecule has 0 aromatic heterocycles. The maximum Gasteiger partial charge on any atom is 0.570 e. The van der Waals surface area contributed by atoms with Gasteiger partial charge >= 0.3 is 38.0 Å². The number of carboxylic acid groups (broad SMARTS) is 5. The Morgan fingerprint density at radius 2 is 1.00 bits per heavy atom. The van der Waals surface area contributed by atoms with Crippen molar-refractivity contribution in [3.05, 3.63) is 71.8 Å². The number of hydrogen-bond acceptors (Lipinski definition) is 12. The lowest BCUT2D eigenvalue weighted by atomic mass is 10.0. The van der Waals surface area contributed by atoms with Gasteiger partial charge in [-0.3, -0.25) is 38.7 Å². The van der Waals surface area contributed by atoms with Crippen LogP contribution in [0.3, 0.4) is 0 Å². The van der Waals surface area contributed by atoms with Crippen LogP contribution in [0.5, 0.6) is 0 Å². The highest BCUT2D eigenvalue weighted by Crippen LogP contribution is 2.54. The number of carbonyl (C=O) groups is 5. The van der Waals surface area contributed by atoms with Gasteiger partial charge < -0.3 is 25.5 Å². The summed E-state index contributed by atoms with van der Waals surface area (Å²) in [7, 11) is -4.66. The Bertz CT molecular complexity index is 1260.